The summed E-state index contributed by atoms with van der Waals surface area (Å²) < 4.78 is 38.0. The van der Waals surface area contributed by atoms with Crippen LogP contribution in [0.4, 0.5) is 13.2 Å². The SMILES string of the molecule is O=[C-]NC(CC1=CCCC=C1C(F)(F)F)C(=O)O.[Fm]. The van der Waals surface area contributed by atoms with Gasteiger partial charge in [0.1, 0.15) is 6.04 Å². The first-order chi connectivity index (χ1) is 8.36. The molecule has 0 spiro atoms. The van der Waals surface area contributed by atoms with Crippen LogP contribution >= 0.6 is 0 Å². The molecule has 0 saturated carbocycles. The van der Waals surface area contributed by atoms with Gasteiger partial charge in [0.25, 0.3) is 0 Å². The third-order valence-electron chi connectivity index (χ3n) is 2.51. The molecule has 0 fully saturated rings. The molecular formula is C11H11F3FmNO3-. The van der Waals surface area contributed by atoms with Crippen molar-refractivity contribution >= 4 is 12.4 Å². The van der Waals surface area contributed by atoms with Gasteiger partial charge in [-0.25, -0.2) is 0 Å². The Bertz CT molecular complexity index is 404. The van der Waals surface area contributed by atoms with Gasteiger partial charge in [-0.2, -0.15) is 19.6 Å². The van der Waals surface area contributed by atoms with Gasteiger partial charge in [-0.1, -0.05) is 12.2 Å². The summed E-state index contributed by atoms with van der Waals surface area (Å²) in [5.74, 6) is -1.40. The van der Waals surface area contributed by atoms with Crippen LogP contribution in [0.25, 0.3) is 0 Å². The zero-order valence-electron chi connectivity index (χ0n) is 9.54. The number of aliphatic carboxylic acids is 1. The molecule has 4 nitrogen and oxygen atoms in total. The van der Waals surface area contributed by atoms with E-state index in [0.29, 0.717) is 6.42 Å². The summed E-state index contributed by atoms with van der Waals surface area (Å²) >= 11 is 0. The van der Waals surface area contributed by atoms with E-state index in [0.717, 1.165) is 6.08 Å². The Morgan fingerprint density at radius 1 is 1.42 bits per heavy atom. The molecule has 8 heteroatoms. The Balaban J connectivity index is 0.00000324. The molecule has 0 aromatic rings. The van der Waals surface area contributed by atoms with Gasteiger partial charge in [-0.15, -0.1) is 0 Å². The van der Waals surface area contributed by atoms with Gasteiger partial charge in [0.15, 0.2) is 0 Å². The Labute approximate surface area is 101 Å². The molecule has 0 aliphatic heterocycles. The summed E-state index contributed by atoms with van der Waals surface area (Å²) in [5, 5.41) is 10.6. The van der Waals surface area contributed by atoms with E-state index in [1.807, 2.05) is 5.32 Å². The van der Waals surface area contributed by atoms with Crippen LogP contribution in [0.1, 0.15) is 19.3 Å². The largest absolute Gasteiger partial charge is 0.520 e. The van der Waals surface area contributed by atoms with E-state index in [-0.39, 0.29) is 12.0 Å². The van der Waals surface area contributed by atoms with Crippen LogP contribution in [0, 0.1) is 0 Å². The standard InChI is InChI=1S/C11H11F3NO3.Fm/c12-11(13,14)8-4-2-1-3-7(8)5-9(10(17)18)15-6-16;/h3-4,9H,1-2,5H2,(H,15,16)(H,17,18);/q-1;. The maximum absolute atomic E-state index is 12.7. The molecule has 1 unspecified atom stereocenters. The molecule has 1 amide bonds. The zero-order chi connectivity index (χ0) is 13.8. The number of halogens is 3. The minimum Gasteiger partial charge on any atom is -0.520 e. The van der Waals surface area contributed by atoms with Gasteiger partial charge in [-0.3, -0.25) is 4.79 Å². The maximum Gasteiger partial charge on any atom is 0.416 e. The maximum atomic E-state index is 12.7. The van der Waals surface area contributed by atoms with Crippen LogP contribution in [-0.2, 0) is 9.59 Å². The fourth-order valence-electron chi connectivity index (χ4n) is 1.71. The van der Waals surface area contributed by atoms with Crippen molar-refractivity contribution in [2.24, 2.45) is 0 Å². The number of allylic oxidation sites excluding steroid dienone is 3. The number of rotatable bonds is 5. The van der Waals surface area contributed by atoms with Crippen molar-refractivity contribution in [3.63, 3.8) is 0 Å². The van der Waals surface area contributed by atoms with Crippen LogP contribution in [0.5, 0.6) is 0 Å². The van der Waals surface area contributed by atoms with Crippen LogP contribution in [0.15, 0.2) is 23.3 Å². The number of carboxylic acid groups (broad SMARTS) is 1. The fraction of sp³-hybridized carbons (Fsp3) is 0.455. The fourth-order valence-corrected chi connectivity index (χ4v) is 1.71. The van der Waals surface area contributed by atoms with Crippen LogP contribution in [0.2, 0.25) is 0 Å². The quantitative estimate of drug-likeness (QED) is 0.430. The number of hydrogen-bond acceptors (Lipinski definition) is 2. The number of amides is 1. The number of carbonyl (C=O) groups excluding carboxylic acids is 1. The van der Waals surface area contributed by atoms with E-state index in [2.05, 4.69) is 0 Å². The third kappa shape index (κ3) is 4.18. The van der Waals surface area contributed by atoms with E-state index >= 15 is 0 Å². The van der Waals surface area contributed by atoms with Crippen molar-refractivity contribution in [2.45, 2.75) is 31.5 Å². The van der Waals surface area contributed by atoms with Gasteiger partial charge in [-0.05, 0) is 18.4 Å². The van der Waals surface area contributed by atoms with E-state index in [4.69, 9.17) is 5.11 Å². The van der Waals surface area contributed by atoms with E-state index < -0.39 is 30.2 Å². The molecular weight excluding hydrogens is 508 g/mol. The second-order valence-electron chi connectivity index (χ2n) is 3.76. The molecule has 0 heterocycles. The smallest absolute Gasteiger partial charge is 0.416 e. The van der Waals surface area contributed by atoms with Crippen molar-refractivity contribution in [3.8, 4) is 0 Å². The Morgan fingerprint density at radius 3 is 2.47 bits per heavy atom. The van der Waals surface area contributed by atoms with Gasteiger partial charge < -0.3 is 15.2 Å². The second kappa shape index (κ2) is 6.23. The first kappa shape index (κ1) is 16.2. The average Bonchev–Trinajstić information content (AvgIpc) is 2.27. The van der Waals surface area contributed by atoms with Crippen molar-refractivity contribution in [2.75, 3.05) is 0 Å². The number of hydrogen-bond donors (Lipinski definition) is 2. The summed E-state index contributed by atoms with van der Waals surface area (Å²) in [5.41, 5.74) is -0.934. The first-order valence-corrected chi connectivity index (χ1v) is 5.18. The average molecular weight is 519 g/mol. The Hall–Kier alpha value is -2.79. The molecule has 1 atom stereocenters. The molecule has 19 heavy (non-hydrogen) atoms. The van der Waals surface area contributed by atoms with Crippen LogP contribution < -0.4 is 5.32 Å². The molecule has 1 rings (SSSR count). The molecule has 2 N–H and O–H groups in total. The molecule has 0 radical (unpaired) electrons. The zero-order valence-corrected chi connectivity index (χ0v) is 11.9. The second-order valence-corrected chi connectivity index (χ2v) is 3.76. The summed E-state index contributed by atoms with van der Waals surface area (Å²) in [6, 6.07) is -1.41. The Kier molecular flexibility index (Phi) is 5.31. The molecule has 0 bridgehead atoms. The van der Waals surface area contributed by atoms with E-state index in [1.165, 1.54) is 12.5 Å². The summed E-state index contributed by atoms with van der Waals surface area (Å²) in [4.78, 5) is 20.8. The van der Waals surface area contributed by atoms with Gasteiger partial charge in [0.05, 0.1) is 5.57 Å². The molecule has 0 saturated heterocycles. The van der Waals surface area contributed by atoms with Gasteiger partial charge >= 0.3 is 12.1 Å². The van der Waals surface area contributed by atoms with E-state index in [9.17, 15) is 22.8 Å². The minimum absolute atomic E-state index is 0. The van der Waals surface area contributed by atoms with Gasteiger partial charge in [0, 0.05) is 6.42 Å². The molecule has 0 aromatic carbocycles. The predicted molar refractivity (Wildman–Crippen MR) is 56.3 cm³/mol. The van der Waals surface area contributed by atoms with Crippen LogP contribution in [0.3, 0.4) is 0 Å². The van der Waals surface area contributed by atoms with Gasteiger partial charge in [0.2, 0.25) is 0 Å². The van der Waals surface area contributed by atoms with E-state index in [1.54, 1.807) is 0 Å². The Morgan fingerprint density at radius 2 is 2.00 bits per heavy atom. The first-order valence-electron chi connectivity index (χ1n) is 5.18. The normalized spacial score (nSPS) is 16.6. The molecule has 0 aromatic heterocycles. The van der Waals surface area contributed by atoms with Crippen molar-refractivity contribution in [1.29, 1.82) is 0 Å². The summed E-state index contributed by atoms with van der Waals surface area (Å²) in [6.45, 7) is 0. The topological polar surface area (TPSA) is 66.4 Å². The molecule has 1 aliphatic rings. The predicted octanol–water partition coefficient (Wildman–Crippen LogP) is 1.70. The number of carboxylic acids is 1. The monoisotopic (exact) mass is 519 g/mol. The molecule has 112 valence electrons. The van der Waals surface area contributed by atoms with Crippen molar-refractivity contribution in [1.82, 2.24) is 5.32 Å². The minimum atomic E-state index is -4.51. The summed E-state index contributed by atoms with van der Waals surface area (Å²) in [6.07, 6.45) is -0.654. The van der Waals surface area contributed by atoms with Crippen molar-refractivity contribution in [3.05, 3.63) is 23.3 Å². The summed E-state index contributed by atoms with van der Waals surface area (Å²) in [7, 11) is 0. The number of alkyl halides is 3. The van der Waals surface area contributed by atoms with Crippen molar-refractivity contribution < 1.29 is 27.9 Å². The number of nitrogens with one attached hydrogen (secondary N) is 1. The molecule has 1 aliphatic carbocycles. The van der Waals surface area contributed by atoms with Crippen LogP contribution in [-0.4, -0.2) is 29.7 Å². The third-order valence-corrected chi connectivity index (χ3v) is 2.51. The number of carbonyl (C=O) groups is 1.